The van der Waals surface area contributed by atoms with Gasteiger partial charge in [0.15, 0.2) is 6.10 Å². The Hall–Kier alpha value is -2.02. The van der Waals surface area contributed by atoms with Crippen LogP contribution in [0.15, 0.2) is 22.8 Å². The van der Waals surface area contributed by atoms with Gasteiger partial charge in [-0.1, -0.05) is 0 Å². The number of rotatable bonds is 7. The Morgan fingerprint density at radius 3 is 2.67 bits per heavy atom. The maximum Gasteiger partial charge on any atom is 0.332 e. The van der Waals surface area contributed by atoms with Crippen molar-refractivity contribution >= 4 is 12.0 Å². The quantitative estimate of drug-likeness (QED) is 0.546. The first-order chi connectivity index (χ1) is 8.59. The molecule has 0 radical (unpaired) electrons. The molecule has 1 unspecified atom stereocenters. The minimum absolute atomic E-state index is 0.0268. The van der Waals surface area contributed by atoms with Crippen molar-refractivity contribution in [1.29, 1.82) is 0 Å². The van der Waals surface area contributed by atoms with Crippen LogP contribution in [0.2, 0.25) is 0 Å². The second kappa shape index (κ2) is 7.33. The molecule has 7 heteroatoms. The smallest absolute Gasteiger partial charge is 0.332 e. The maximum atomic E-state index is 11.2. The number of amides is 2. The van der Waals surface area contributed by atoms with Crippen LogP contribution in [0.3, 0.4) is 0 Å². The predicted molar refractivity (Wildman–Crippen MR) is 62.1 cm³/mol. The normalized spacial score (nSPS) is 11.8. The molecule has 1 rings (SSSR count). The van der Waals surface area contributed by atoms with Crippen LogP contribution in [0.4, 0.5) is 4.79 Å². The highest BCUT2D eigenvalue weighted by molar-refractivity contribution is 5.74. The van der Waals surface area contributed by atoms with Gasteiger partial charge in [-0.05, 0) is 12.1 Å². The van der Waals surface area contributed by atoms with Crippen molar-refractivity contribution in [3.8, 4) is 0 Å². The van der Waals surface area contributed by atoms with E-state index in [1.807, 2.05) is 6.07 Å². The van der Waals surface area contributed by atoms with E-state index in [2.05, 4.69) is 10.6 Å². The number of hydrogen-bond acceptors (Lipinski definition) is 4. The molecule has 0 fully saturated rings. The summed E-state index contributed by atoms with van der Waals surface area (Å²) in [6, 6.07) is 3.17. The monoisotopic (exact) mass is 256 g/mol. The Morgan fingerprint density at radius 1 is 1.33 bits per heavy atom. The van der Waals surface area contributed by atoms with Crippen molar-refractivity contribution in [3.05, 3.63) is 24.2 Å². The molecular weight excluding hydrogens is 240 g/mol. The lowest BCUT2D eigenvalue weighted by atomic mass is 10.2. The summed E-state index contributed by atoms with van der Waals surface area (Å²) in [5, 5.41) is 22.4. The van der Waals surface area contributed by atoms with Crippen LogP contribution in [0.5, 0.6) is 0 Å². The Kier molecular flexibility index (Phi) is 5.72. The molecule has 1 aromatic heterocycles. The van der Waals surface area contributed by atoms with Crippen LogP contribution in [-0.4, -0.2) is 41.4 Å². The van der Waals surface area contributed by atoms with Crippen LogP contribution < -0.4 is 10.6 Å². The third-order valence-electron chi connectivity index (χ3n) is 2.23. The first-order valence-electron chi connectivity index (χ1n) is 5.54. The summed E-state index contributed by atoms with van der Waals surface area (Å²) < 4.78 is 5.08. The number of carbonyl (C=O) groups is 2. The van der Waals surface area contributed by atoms with Gasteiger partial charge in [0, 0.05) is 25.9 Å². The third-order valence-corrected chi connectivity index (χ3v) is 2.23. The van der Waals surface area contributed by atoms with E-state index in [0.29, 0.717) is 13.0 Å². The zero-order valence-corrected chi connectivity index (χ0v) is 9.76. The number of aliphatic hydroxyl groups is 1. The van der Waals surface area contributed by atoms with Crippen LogP contribution in [0.1, 0.15) is 12.2 Å². The summed E-state index contributed by atoms with van der Waals surface area (Å²) in [5.41, 5.74) is 0. The number of aliphatic carboxylic acids is 1. The second-order valence-electron chi connectivity index (χ2n) is 3.65. The van der Waals surface area contributed by atoms with E-state index in [9.17, 15) is 9.59 Å². The molecule has 0 spiro atoms. The molecule has 0 bridgehead atoms. The van der Waals surface area contributed by atoms with Crippen LogP contribution in [-0.2, 0) is 11.2 Å². The summed E-state index contributed by atoms with van der Waals surface area (Å²) in [6.45, 7) is 0.515. The lowest BCUT2D eigenvalue weighted by molar-refractivity contribution is -0.146. The predicted octanol–water partition coefficient (Wildman–Crippen LogP) is -0.0431. The minimum Gasteiger partial charge on any atom is -0.479 e. The average Bonchev–Trinajstić information content (AvgIpc) is 2.81. The molecule has 0 aliphatic carbocycles. The van der Waals surface area contributed by atoms with Gasteiger partial charge in [-0.25, -0.2) is 9.59 Å². The van der Waals surface area contributed by atoms with Gasteiger partial charge in [-0.3, -0.25) is 0 Å². The lowest BCUT2D eigenvalue weighted by Crippen LogP contribution is -2.38. The fourth-order valence-electron chi connectivity index (χ4n) is 1.26. The Labute approximate surface area is 104 Å². The number of aliphatic hydroxyl groups excluding tert-OH is 1. The first kappa shape index (κ1) is 14.0. The summed E-state index contributed by atoms with van der Waals surface area (Å²) >= 11 is 0. The van der Waals surface area contributed by atoms with Crippen LogP contribution in [0.25, 0.3) is 0 Å². The van der Waals surface area contributed by atoms with Gasteiger partial charge in [-0.2, -0.15) is 0 Å². The number of carboxylic acids is 1. The maximum absolute atomic E-state index is 11.2. The highest BCUT2D eigenvalue weighted by Crippen LogP contribution is 1.99. The Balaban J connectivity index is 2.05. The van der Waals surface area contributed by atoms with E-state index in [1.165, 1.54) is 0 Å². The molecular formula is C11H16N2O5. The van der Waals surface area contributed by atoms with Crippen molar-refractivity contribution in [2.45, 2.75) is 18.9 Å². The van der Waals surface area contributed by atoms with Crippen molar-refractivity contribution in [2.24, 2.45) is 0 Å². The van der Waals surface area contributed by atoms with Gasteiger partial charge in [-0.15, -0.1) is 0 Å². The third kappa shape index (κ3) is 5.35. The van der Waals surface area contributed by atoms with E-state index in [-0.39, 0.29) is 13.0 Å². The summed E-state index contributed by atoms with van der Waals surface area (Å²) in [5.74, 6) is -0.522. The topological polar surface area (TPSA) is 112 Å². The average molecular weight is 256 g/mol. The largest absolute Gasteiger partial charge is 0.479 e. The zero-order valence-electron chi connectivity index (χ0n) is 9.76. The summed E-state index contributed by atoms with van der Waals surface area (Å²) in [6.07, 6.45) is 0.662. The van der Waals surface area contributed by atoms with E-state index in [1.54, 1.807) is 12.3 Å². The van der Waals surface area contributed by atoms with Crippen molar-refractivity contribution in [1.82, 2.24) is 10.6 Å². The fourth-order valence-corrected chi connectivity index (χ4v) is 1.26. The first-order valence-corrected chi connectivity index (χ1v) is 5.54. The Morgan fingerprint density at radius 2 is 2.06 bits per heavy atom. The molecule has 100 valence electrons. The van der Waals surface area contributed by atoms with E-state index in [4.69, 9.17) is 14.6 Å². The molecule has 4 N–H and O–H groups in total. The van der Waals surface area contributed by atoms with Gasteiger partial charge in [0.1, 0.15) is 5.76 Å². The number of nitrogens with one attached hydrogen (secondary N) is 2. The molecule has 0 saturated heterocycles. The zero-order chi connectivity index (χ0) is 13.4. The van der Waals surface area contributed by atoms with Gasteiger partial charge < -0.3 is 25.3 Å². The lowest BCUT2D eigenvalue weighted by Gasteiger charge is -2.08. The Bertz CT molecular complexity index is 377. The fraction of sp³-hybridized carbons (Fsp3) is 0.455. The molecule has 1 atom stereocenters. The molecule has 0 aromatic carbocycles. The van der Waals surface area contributed by atoms with E-state index in [0.717, 1.165) is 5.76 Å². The van der Waals surface area contributed by atoms with E-state index < -0.39 is 18.1 Å². The van der Waals surface area contributed by atoms with Gasteiger partial charge in [0.05, 0.1) is 6.26 Å². The molecule has 18 heavy (non-hydrogen) atoms. The van der Waals surface area contributed by atoms with E-state index >= 15 is 0 Å². The summed E-state index contributed by atoms with van der Waals surface area (Å²) in [7, 11) is 0. The van der Waals surface area contributed by atoms with Crippen molar-refractivity contribution in [2.75, 3.05) is 13.1 Å². The standard InChI is InChI=1S/C11H16N2O5/c14-9(10(15)16)4-6-13-11(17)12-5-3-8-2-1-7-18-8/h1-2,7,9,14H,3-6H2,(H,15,16)(H2,12,13,17). The van der Waals surface area contributed by atoms with Gasteiger partial charge >= 0.3 is 12.0 Å². The molecule has 0 saturated carbocycles. The minimum atomic E-state index is -1.45. The SMILES string of the molecule is O=C(NCCc1ccco1)NCCC(O)C(=O)O. The highest BCUT2D eigenvalue weighted by Gasteiger charge is 2.12. The van der Waals surface area contributed by atoms with Crippen molar-refractivity contribution < 1.29 is 24.2 Å². The van der Waals surface area contributed by atoms with Crippen LogP contribution >= 0.6 is 0 Å². The van der Waals surface area contributed by atoms with Crippen LogP contribution in [0, 0.1) is 0 Å². The molecule has 0 aliphatic rings. The number of carboxylic acid groups (broad SMARTS) is 1. The molecule has 7 nitrogen and oxygen atoms in total. The molecule has 1 aromatic rings. The van der Waals surface area contributed by atoms with Gasteiger partial charge in [0.2, 0.25) is 0 Å². The number of hydrogen-bond donors (Lipinski definition) is 4. The second-order valence-corrected chi connectivity index (χ2v) is 3.65. The molecule has 0 aliphatic heterocycles. The highest BCUT2D eigenvalue weighted by atomic mass is 16.4. The van der Waals surface area contributed by atoms with Crippen molar-refractivity contribution in [3.63, 3.8) is 0 Å². The summed E-state index contributed by atoms with van der Waals surface area (Å²) in [4.78, 5) is 21.5. The molecule has 2 amide bonds. The number of furan rings is 1. The number of urea groups is 1. The number of carbonyl (C=O) groups excluding carboxylic acids is 1. The molecule has 1 heterocycles. The van der Waals surface area contributed by atoms with Gasteiger partial charge in [0.25, 0.3) is 0 Å².